The van der Waals surface area contributed by atoms with Crippen molar-refractivity contribution in [3.05, 3.63) is 23.5 Å². The van der Waals surface area contributed by atoms with Crippen molar-refractivity contribution in [2.45, 2.75) is 19.8 Å². The summed E-state index contributed by atoms with van der Waals surface area (Å²) in [5.74, 6) is 0.122. The van der Waals surface area contributed by atoms with Crippen molar-refractivity contribution in [2.24, 2.45) is 0 Å². The number of benzene rings is 1. The normalized spacial score (nSPS) is 10.4. The van der Waals surface area contributed by atoms with Gasteiger partial charge in [-0.15, -0.1) is 0 Å². The van der Waals surface area contributed by atoms with Crippen molar-refractivity contribution in [2.75, 3.05) is 7.11 Å². The van der Waals surface area contributed by atoms with Crippen LogP contribution in [0, 0.1) is 5.82 Å². The fourth-order valence-electron chi connectivity index (χ4n) is 1.31. The highest BCUT2D eigenvalue weighted by Crippen LogP contribution is 2.20. The third-order valence-corrected chi connectivity index (χ3v) is 2.11. The summed E-state index contributed by atoms with van der Waals surface area (Å²) in [7, 11) is 2.36. The van der Waals surface area contributed by atoms with Gasteiger partial charge in [0.05, 0.1) is 7.11 Å². The van der Waals surface area contributed by atoms with Crippen LogP contribution in [0.15, 0.2) is 12.1 Å². The molecule has 14 heavy (non-hydrogen) atoms. The molecule has 0 bridgehead atoms. The second kappa shape index (κ2) is 4.46. The molecular formula is C10H13BFO2. The number of halogens is 1. The Bertz CT molecular complexity index is 326. The maximum Gasteiger partial charge on any atom is 0.330 e. The molecule has 0 aromatic heterocycles. The molecule has 0 amide bonds. The van der Waals surface area contributed by atoms with E-state index in [2.05, 4.69) is 0 Å². The van der Waals surface area contributed by atoms with Gasteiger partial charge in [0.25, 0.3) is 0 Å². The van der Waals surface area contributed by atoms with Crippen LogP contribution in [0.2, 0.25) is 0 Å². The van der Waals surface area contributed by atoms with E-state index < -0.39 is 0 Å². The molecule has 0 fully saturated rings. The molecule has 1 radical (unpaired) electrons. The van der Waals surface area contributed by atoms with E-state index in [0.717, 1.165) is 7.48 Å². The van der Waals surface area contributed by atoms with Crippen LogP contribution in [0.5, 0.6) is 5.75 Å². The highest BCUT2D eigenvalue weighted by atomic mass is 19.1. The van der Waals surface area contributed by atoms with Crippen molar-refractivity contribution in [1.29, 1.82) is 0 Å². The van der Waals surface area contributed by atoms with Gasteiger partial charge in [0.2, 0.25) is 0 Å². The standard InChI is InChI=1S/C10H13BFO2/c1-6(2)7-4-8(11-13)10(14-3)5-9(7)12/h4-6,13H,1-3H3. The fraction of sp³-hybridized carbons (Fsp3) is 0.400. The monoisotopic (exact) mass is 195 g/mol. The summed E-state index contributed by atoms with van der Waals surface area (Å²) in [5.41, 5.74) is 1.07. The first-order valence-electron chi connectivity index (χ1n) is 4.45. The SMILES string of the molecule is COc1cc(F)c(C(C)C)cc1[B]O. The lowest BCUT2D eigenvalue weighted by Crippen LogP contribution is -2.18. The Kier molecular flexibility index (Phi) is 3.52. The molecule has 1 aromatic carbocycles. The van der Waals surface area contributed by atoms with Crippen molar-refractivity contribution >= 4 is 12.9 Å². The van der Waals surface area contributed by atoms with Gasteiger partial charge in [0.1, 0.15) is 11.6 Å². The summed E-state index contributed by atoms with van der Waals surface area (Å²) in [6.45, 7) is 3.79. The average molecular weight is 195 g/mol. The molecule has 0 saturated carbocycles. The predicted octanol–water partition coefficient (Wildman–Crippen LogP) is 1.19. The molecule has 4 heteroatoms. The Labute approximate surface area is 84.0 Å². The topological polar surface area (TPSA) is 29.5 Å². The predicted molar refractivity (Wildman–Crippen MR) is 54.6 cm³/mol. The average Bonchev–Trinajstić information content (AvgIpc) is 2.16. The molecule has 2 nitrogen and oxygen atoms in total. The van der Waals surface area contributed by atoms with Crippen LogP contribution >= 0.6 is 0 Å². The van der Waals surface area contributed by atoms with E-state index in [1.165, 1.54) is 13.2 Å². The number of methoxy groups -OCH3 is 1. The maximum atomic E-state index is 13.4. The van der Waals surface area contributed by atoms with Gasteiger partial charge in [-0.2, -0.15) is 0 Å². The van der Waals surface area contributed by atoms with Gasteiger partial charge in [-0.05, 0) is 16.9 Å². The molecule has 0 atom stereocenters. The largest absolute Gasteiger partial charge is 0.497 e. The Balaban J connectivity index is 3.23. The van der Waals surface area contributed by atoms with E-state index in [-0.39, 0.29) is 11.7 Å². The Morgan fingerprint density at radius 1 is 1.43 bits per heavy atom. The van der Waals surface area contributed by atoms with Crippen LogP contribution in [-0.4, -0.2) is 19.6 Å². The minimum atomic E-state index is -0.303. The van der Waals surface area contributed by atoms with Crippen molar-refractivity contribution < 1.29 is 14.2 Å². The van der Waals surface area contributed by atoms with Gasteiger partial charge < -0.3 is 9.76 Å². The molecule has 75 valence electrons. The van der Waals surface area contributed by atoms with E-state index in [1.807, 2.05) is 13.8 Å². The van der Waals surface area contributed by atoms with Gasteiger partial charge in [0, 0.05) is 6.07 Å². The third-order valence-electron chi connectivity index (χ3n) is 2.11. The smallest absolute Gasteiger partial charge is 0.330 e. The minimum absolute atomic E-state index is 0.0830. The van der Waals surface area contributed by atoms with Gasteiger partial charge in [-0.3, -0.25) is 0 Å². The lowest BCUT2D eigenvalue weighted by Gasteiger charge is -2.12. The van der Waals surface area contributed by atoms with Crippen molar-refractivity contribution in [3.8, 4) is 5.75 Å². The second-order valence-electron chi connectivity index (χ2n) is 3.40. The zero-order valence-corrected chi connectivity index (χ0v) is 8.54. The van der Waals surface area contributed by atoms with Crippen LogP contribution in [-0.2, 0) is 0 Å². The van der Waals surface area contributed by atoms with Crippen LogP contribution in [0.25, 0.3) is 0 Å². The first-order valence-corrected chi connectivity index (χ1v) is 4.45. The summed E-state index contributed by atoms with van der Waals surface area (Å²) < 4.78 is 18.3. The van der Waals surface area contributed by atoms with Gasteiger partial charge >= 0.3 is 7.48 Å². The maximum absolute atomic E-state index is 13.4. The zero-order chi connectivity index (χ0) is 10.7. The molecule has 1 N–H and O–H groups in total. The summed E-state index contributed by atoms with van der Waals surface area (Å²) in [5, 5.41) is 8.92. The Morgan fingerprint density at radius 2 is 2.07 bits per heavy atom. The number of ether oxygens (including phenoxy) is 1. The van der Waals surface area contributed by atoms with Crippen LogP contribution in [0.3, 0.4) is 0 Å². The molecule has 0 aliphatic heterocycles. The minimum Gasteiger partial charge on any atom is -0.497 e. The van der Waals surface area contributed by atoms with Crippen molar-refractivity contribution in [3.63, 3.8) is 0 Å². The van der Waals surface area contributed by atoms with E-state index in [9.17, 15) is 4.39 Å². The van der Waals surface area contributed by atoms with Crippen molar-refractivity contribution in [1.82, 2.24) is 0 Å². The molecular weight excluding hydrogens is 182 g/mol. The van der Waals surface area contributed by atoms with Crippen LogP contribution in [0.1, 0.15) is 25.3 Å². The third kappa shape index (κ3) is 2.07. The van der Waals surface area contributed by atoms with E-state index in [1.54, 1.807) is 6.07 Å². The Morgan fingerprint density at radius 3 is 2.50 bits per heavy atom. The highest BCUT2D eigenvalue weighted by Gasteiger charge is 2.12. The summed E-state index contributed by atoms with van der Waals surface area (Å²) in [4.78, 5) is 0. The summed E-state index contributed by atoms with van der Waals surface area (Å²) >= 11 is 0. The van der Waals surface area contributed by atoms with Crippen LogP contribution < -0.4 is 10.2 Å². The molecule has 0 spiro atoms. The first-order chi connectivity index (χ1) is 6.60. The molecule has 0 aliphatic carbocycles. The van der Waals surface area contributed by atoms with E-state index in [0.29, 0.717) is 16.8 Å². The van der Waals surface area contributed by atoms with E-state index >= 15 is 0 Å². The second-order valence-corrected chi connectivity index (χ2v) is 3.40. The summed E-state index contributed by atoms with van der Waals surface area (Å²) in [6.07, 6.45) is 0. The van der Waals surface area contributed by atoms with Gasteiger partial charge in [0.15, 0.2) is 0 Å². The molecule has 0 saturated heterocycles. The molecule has 1 aromatic rings. The lowest BCUT2D eigenvalue weighted by molar-refractivity contribution is 0.413. The number of hydrogen-bond donors (Lipinski definition) is 1. The molecule has 0 aliphatic rings. The highest BCUT2D eigenvalue weighted by molar-refractivity contribution is 6.47. The number of rotatable bonds is 3. The quantitative estimate of drug-likeness (QED) is 0.734. The lowest BCUT2D eigenvalue weighted by atomic mass is 9.84. The first kappa shape index (κ1) is 11.1. The fourth-order valence-corrected chi connectivity index (χ4v) is 1.31. The molecule has 0 unspecified atom stereocenters. The zero-order valence-electron chi connectivity index (χ0n) is 8.54. The van der Waals surface area contributed by atoms with Gasteiger partial charge in [-0.1, -0.05) is 19.9 Å². The summed E-state index contributed by atoms with van der Waals surface area (Å²) in [6, 6.07) is 2.89. The van der Waals surface area contributed by atoms with Crippen LogP contribution in [0.4, 0.5) is 4.39 Å². The molecule has 0 heterocycles. The molecule has 1 rings (SSSR count). The number of hydrogen-bond acceptors (Lipinski definition) is 2. The van der Waals surface area contributed by atoms with Gasteiger partial charge in [-0.25, -0.2) is 4.39 Å². The van der Waals surface area contributed by atoms with E-state index in [4.69, 9.17) is 9.76 Å². The Hall–Kier alpha value is -1.03.